The van der Waals surface area contributed by atoms with E-state index in [9.17, 15) is 0 Å². The molecular weight excluding hydrogens is 250 g/mol. The zero-order chi connectivity index (χ0) is 13.9. The van der Waals surface area contributed by atoms with E-state index in [1.807, 2.05) is 6.07 Å². The Hall–Kier alpha value is -1.06. The maximum atomic E-state index is 5.47. The molecule has 1 aliphatic heterocycles. The van der Waals surface area contributed by atoms with Gasteiger partial charge in [-0.15, -0.1) is 0 Å². The Morgan fingerprint density at radius 2 is 2.20 bits per heavy atom. The minimum absolute atomic E-state index is 0.578. The van der Waals surface area contributed by atoms with Crippen molar-refractivity contribution in [3.63, 3.8) is 0 Å². The van der Waals surface area contributed by atoms with Gasteiger partial charge in [0.2, 0.25) is 0 Å². The van der Waals surface area contributed by atoms with Crippen LogP contribution in [-0.4, -0.2) is 32.4 Å². The molecule has 3 heteroatoms. The second-order valence-corrected chi connectivity index (χ2v) is 6.22. The molecule has 3 rings (SSSR count). The fraction of sp³-hybridized carbons (Fsp3) is 0.647. The molecule has 0 aromatic heterocycles. The van der Waals surface area contributed by atoms with Gasteiger partial charge in [0.25, 0.3) is 0 Å². The van der Waals surface area contributed by atoms with Gasteiger partial charge < -0.3 is 14.8 Å². The van der Waals surface area contributed by atoms with Gasteiger partial charge in [-0.1, -0.05) is 12.1 Å². The highest BCUT2D eigenvalue weighted by atomic mass is 16.5. The molecule has 0 spiro atoms. The van der Waals surface area contributed by atoms with Gasteiger partial charge in [-0.05, 0) is 55.7 Å². The van der Waals surface area contributed by atoms with Crippen LogP contribution in [0.1, 0.15) is 37.7 Å². The molecule has 2 atom stereocenters. The van der Waals surface area contributed by atoms with E-state index in [4.69, 9.17) is 9.47 Å². The second kappa shape index (κ2) is 6.15. The zero-order valence-electron chi connectivity index (χ0n) is 12.5. The van der Waals surface area contributed by atoms with Gasteiger partial charge in [0.1, 0.15) is 5.75 Å². The Morgan fingerprint density at radius 3 is 2.90 bits per heavy atom. The fourth-order valence-corrected chi connectivity index (χ4v) is 3.38. The summed E-state index contributed by atoms with van der Waals surface area (Å²) in [5.74, 6) is 2.36. The monoisotopic (exact) mass is 275 g/mol. The molecule has 20 heavy (non-hydrogen) atoms. The van der Waals surface area contributed by atoms with Crippen LogP contribution in [0.2, 0.25) is 0 Å². The van der Waals surface area contributed by atoms with Crippen LogP contribution >= 0.6 is 0 Å². The SMILES string of the molecule is COc1cccc(C2CC(NC(C)C3CCOC3)C2)c1. The molecule has 110 valence electrons. The van der Waals surface area contributed by atoms with Crippen molar-refractivity contribution in [1.29, 1.82) is 0 Å². The first-order valence-electron chi connectivity index (χ1n) is 7.74. The van der Waals surface area contributed by atoms with Crippen LogP contribution in [0.4, 0.5) is 0 Å². The van der Waals surface area contributed by atoms with Gasteiger partial charge in [0.15, 0.2) is 0 Å². The molecule has 1 aliphatic carbocycles. The van der Waals surface area contributed by atoms with Crippen LogP contribution in [0.15, 0.2) is 24.3 Å². The first-order chi connectivity index (χ1) is 9.76. The molecule has 0 bridgehead atoms. The third-order valence-electron chi connectivity index (χ3n) is 4.87. The van der Waals surface area contributed by atoms with Crippen molar-refractivity contribution < 1.29 is 9.47 Å². The van der Waals surface area contributed by atoms with Crippen molar-refractivity contribution in [3.05, 3.63) is 29.8 Å². The lowest BCUT2D eigenvalue weighted by molar-refractivity contribution is 0.170. The smallest absolute Gasteiger partial charge is 0.119 e. The van der Waals surface area contributed by atoms with Crippen molar-refractivity contribution in [3.8, 4) is 5.75 Å². The maximum Gasteiger partial charge on any atom is 0.119 e. The number of rotatable bonds is 5. The highest BCUT2D eigenvalue weighted by Gasteiger charge is 2.33. The van der Waals surface area contributed by atoms with Gasteiger partial charge in [-0.2, -0.15) is 0 Å². The van der Waals surface area contributed by atoms with Gasteiger partial charge in [0.05, 0.1) is 13.7 Å². The molecule has 1 saturated carbocycles. The number of benzene rings is 1. The summed E-state index contributed by atoms with van der Waals surface area (Å²) in [5, 5.41) is 3.78. The summed E-state index contributed by atoms with van der Waals surface area (Å²) >= 11 is 0. The molecule has 0 radical (unpaired) electrons. The zero-order valence-corrected chi connectivity index (χ0v) is 12.5. The minimum atomic E-state index is 0.578. The van der Waals surface area contributed by atoms with Crippen LogP contribution in [-0.2, 0) is 4.74 Å². The lowest BCUT2D eigenvalue weighted by Gasteiger charge is -2.39. The minimum Gasteiger partial charge on any atom is -0.497 e. The fourth-order valence-electron chi connectivity index (χ4n) is 3.38. The third kappa shape index (κ3) is 2.99. The molecule has 1 aromatic carbocycles. The van der Waals surface area contributed by atoms with Crippen LogP contribution < -0.4 is 10.1 Å². The van der Waals surface area contributed by atoms with E-state index in [0.29, 0.717) is 23.9 Å². The summed E-state index contributed by atoms with van der Waals surface area (Å²) in [6.07, 6.45) is 3.69. The van der Waals surface area contributed by atoms with Crippen molar-refractivity contribution in [1.82, 2.24) is 5.32 Å². The van der Waals surface area contributed by atoms with Crippen molar-refractivity contribution >= 4 is 0 Å². The summed E-state index contributed by atoms with van der Waals surface area (Å²) < 4.78 is 10.8. The average molecular weight is 275 g/mol. The lowest BCUT2D eigenvalue weighted by atomic mass is 9.75. The summed E-state index contributed by atoms with van der Waals surface area (Å²) in [5.41, 5.74) is 1.42. The number of hydrogen-bond acceptors (Lipinski definition) is 3. The van der Waals surface area contributed by atoms with Gasteiger partial charge in [0, 0.05) is 18.7 Å². The molecule has 1 heterocycles. The molecule has 1 aromatic rings. The van der Waals surface area contributed by atoms with E-state index in [1.165, 1.54) is 24.8 Å². The molecular formula is C17H25NO2. The Balaban J connectivity index is 1.48. The van der Waals surface area contributed by atoms with E-state index in [2.05, 4.69) is 30.4 Å². The second-order valence-electron chi connectivity index (χ2n) is 6.22. The molecule has 2 fully saturated rings. The van der Waals surface area contributed by atoms with Gasteiger partial charge in [-0.25, -0.2) is 0 Å². The molecule has 3 nitrogen and oxygen atoms in total. The Kier molecular flexibility index (Phi) is 4.27. The number of hydrogen-bond donors (Lipinski definition) is 1. The van der Waals surface area contributed by atoms with Crippen LogP contribution in [0.5, 0.6) is 5.75 Å². The van der Waals surface area contributed by atoms with E-state index in [-0.39, 0.29) is 0 Å². The summed E-state index contributed by atoms with van der Waals surface area (Å²) in [6, 6.07) is 9.75. The number of methoxy groups -OCH3 is 1. The first kappa shape index (κ1) is 13.9. The van der Waals surface area contributed by atoms with Crippen molar-refractivity contribution in [2.24, 2.45) is 5.92 Å². The van der Waals surface area contributed by atoms with Crippen molar-refractivity contribution in [2.75, 3.05) is 20.3 Å². The van der Waals surface area contributed by atoms with Crippen LogP contribution in [0, 0.1) is 5.92 Å². The quantitative estimate of drug-likeness (QED) is 0.896. The summed E-state index contributed by atoms with van der Waals surface area (Å²) in [6.45, 7) is 4.17. The van der Waals surface area contributed by atoms with Crippen LogP contribution in [0.25, 0.3) is 0 Å². The van der Waals surface area contributed by atoms with Gasteiger partial charge in [-0.3, -0.25) is 0 Å². The van der Waals surface area contributed by atoms with E-state index < -0.39 is 0 Å². The summed E-state index contributed by atoms with van der Waals surface area (Å²) in [7, 11) is 1.73. The predicted octanol–water partition coefficient (Wildman–Crippen LogP) is 2.96. The Labute approximate surface area is 121 Å². The highest BCUT2D eigenvalue weighted by molar-refractivity contribution is 5.32. The first-order valence-corrected chi connectivity index (χ1v) is 7.74. The van der Waals surface area contributed by atoms with Gasteiger partial charge >= 0.3 is 0 Å². The molecule has 1 N–H and O–H groups in total. The highest BCUT2D eigenvalue weighted by Crippen LogP contribution is 2.38. The topological polar surface area (TPSA) is 30.5 Å². The molecule has 1 saturated heterocycles. The van der Waals surface area contributed by atoms with E-state index in [0.717, 1.165) is 19.0 Å². The molecule has 0 amide bonds. The normalized spacial score (nSPS) is 30.8. The summed E-state index contributed by atoms with van der Waals surface area (Å²) in [4.78, 5) is 0. The third-order valence-corrected chi connectivity index (χ3v) is 4.87. The lowest BCUT2D eigenvalue weighted by Crippen LogP contribution is -2.47. The number of nitrogens with one attached hydrogen (secondary N) is 1. The maximum absolute atomic E-state index is 5.47. The van der Waals surface area contributed by atoms with E-state index >= 15 is 0 Å². The molecule has 2 unspecified atom stereocenters. The van der Waals surface area contributed by atoms with Crippen molar-refractivity contribution in [2.45, 2.75) is 44.2 Å². The largest absolute Gasteiger partial charge is 0.497 e. The Morgan fingerprint density at radius 1 is 1.35 bits per heavy atom. The standard InChI is InChI=1S/C17H25NO2/c1-12(14-6-7-20-11-14)18-16-8-15(9-16)13-4-3-5-17(10-13)19-2/h3-5,10,12,14-16,18H,6-9,11H2,1-2H3. The molecule has 2 aliphatic rings. The Bertz CT molecular complexity index is 436. The average Bonchev–Trinajstić information content (AvgIpc) is 2.96. The predicted molar refractivity (Wildman–Crippen MR) is 80.3 cm³/mol. The van der Waals surface area contributed by atoms with Crippen LogP contribution in [0.3, 0.4) is 0 Å². The number of ether oxygens (including phenoxy) is 2. The van der Waals surface area contributed by atoms with E-state index in [1.54, 1.807) is 7.11 Å².